The van der Waals surface area contributed by atoms with Gasteiger partial charge in [0.1, 0.15) is 0 Å². The Morgan fingerprint density at radius 3 is 1.42 bits per heavy atom. The monoisotopic (exact) mass is 318 g/mol. The van der Waals surface area contributed by atoms with E-state index in [-0.39, 0.29) is 0 Å². The van der Waals surface area contributed by atoms with Gasteiger partial charge in [-0.2, -0.15) is 0 Å². The van der Waals surface area contributed by atoms with E-state index in [2.05, 4.69) is 30.4 Å². The Bertz CT molecular complexity index is 883. The smallest absolute Gasteiger partial charge is 0.248 e. The van der Waals surface area contributed by atoms with Crippen molar-refractivity contribution in [3.8, 4) is 22.9 Å². The van der Waals surface area contributed by atoms with Gasteiger partial charge in [-0.1, -0.05) is 0 Å². The van der Waals surface area contributed by atoms with E-state index in [1.807, 2.05) is 0 Å². The molecule has 0 amide bonds. The van der Waals surface area contributed by atoms with Crippen LogP contribution in [0.2, 0.25) is 0 Å². The average molecular weight is 318 g/mol. The third-order valence-corrected chi connectivity index (χ3v) is 3.10. The molecule has 4 heterocycles. The van der Waals surface area contributed by atoms with Gasteiger partial charge >= 0.3 is 0 Å². The van der Waals surface area contributed by atoms with Crippen molar-refractivity contribution in [1.29, 1.82) is 0 Å². The summed E-state index contributed by atoms with van der Waals surface area (Å²) in [4.78, 5) is 7.89. The lowest BCUT2D eigenvalue weighted by Gasteiger charge is -1.91. The first kappa shape index (κ1) is 13.9. The maximum atomic E-state index is 5.55. The van der Waals surface area contributed by atoms with Crippen LogP contribution >= 0.6 is 0 Å². The molecule has 8 heteroatoms. The fourth-order valence-electron chi connectivity index (χ4n) is 1.97. The van der Waals surface area contributed by atoms with Gasteiger partial charge in [0.2, 0.25) is 23.6 Å². The van der Waals surface area contributed by atoms with E-state index >= 15 is 0 Å². The maximum Gasteiger partial charge on any atom is 0.248 e. The number of pyridine rings is 2. The quantitative estimate of drug-likeness (QED) is 0.565. The van der Waals surface area contributed by atoms with Crippen LogP contribution in [0.5, 0.6) is 0 Å². The molecule has 8 nitrogen and oxygen atoms in total. The van der Waals surface area contributed by atoms with E-state index in [9.17, 15) is 0 Å². The van der Waals surface area contributed by atoms with E-state index in [0.717, 1.165) is 11.1 Å². The highest BCUT2D eigenvalue weighted by molar-refractivity contribution is 5.63. The van der Waals surface area contributed by atoms with Gasteiger partial charge in [0.25, 0.3) is 0 Å². The largest absolute Gasteiger partial charge is 0.417 e. The second kappa shape index (κ2) is 6.21. The van der Waals surface area contributed by atoms with Crippen molar-refractivity contribution >= 4 is 12.2 Å². The van der Waals surface area contributed by atoms with E-state index in [4.69, 9.17) is 8.83 Å². The van der Waals surface area contributed by atoms with E-state index < -0.39 is 0 Å². The first-order valence-corrected chi connectivity index (χ1v) is 7.04. The topological polar surface area (TPSA) is 104 Å². The number of nitrogens with zero attached hydrogens (tertiary/aromatic N) is 6. The highest BCUT2D eigenvalue weighted by atomic mass is 16.4. The fourth-order valence-corrected chi connectivity index (χ4v) is 1.97. The van der Waals surface area contributed by atoms with Crippen LogP contribution in [0.25, 0.3) is 35.1 Å². The summed E-state index contributed by atoms with van der Waals surface area (Å²) in [5.41, 5.74) is 1.60. The predicted octanol–water partition coefficient (Wildman–Crippen LogP) is 2.75. The lowest BCUT2D eigenvalue weighted by molar-refractivity contribution is 0.552. The van der Waals surface area contributed by atoms with Crippen molar-refractivity contribution in [3.63, 3.8) is 0 Å². The minimum Gasteiger partial charge on any atom is -0.417 e. The van der Waals surface area contributed by atoms with Gasteiger partial charge in [-0.3, -0.25) is 9.97 Å². The zero-order chi connectivity index (χ0) is 16.2. The summed E-state index contributed by atoms with van der Waals surface area (Å²) in [6.07, 6.45) is 9.87. The normalized spacial score (nSPS) is 11.2. The molecule has 0 aliphatic rings. The Morgan fingerprint density at radius 2 is 1.00 bits per heavy atom. The van der Waals surface area contributed by atoms with Crippen LogP contribution in [0.4, 0.5) is 0 Å². The molecule has 0 N–H and O–H groups in total. The first-order chi connectivity index (χ1) is 11.9. The second-order valence-corrected chi connectivity index (χ2v) is 4.70. The molecule has 0 aromatic carbocycles. The Morgan fingerprint density at radius 1 is 0.583 bits per heavy atom. The van der Waals surface area contributed by atoms with Gasteiger partial charge in [-0.25, -0.2) is 0 Å². The molecule has 0 saturated carbocycles. The molecule has 24 heavy (non-hydrogen) atoms. The standard InChI is InChI=1S/C16H10N6O2/c1(13-19-21-15(23-13)11-3-7-17-8-4-11)2-14-20-22-16(24-14)12-5-9-18-10-6-12/h1-10H/b2-1+. The minimum atomic E-state index is 0.338. The molecule has 0 radical (unpaired) electrons. The Labute approximate surface area is 135 Å². The summed E-state index contributed by atoms with van der Waals surface area (Å²) in [5, 5.41) is 15.9. The Hall–Kier alpha value is -3.68. The molecule has 116 valence electrons. The third-order valence-electron chi connectivity index (χ3n) is 3.10. The number of hydrogen-bond acceptors (Lipinski definition) is 8. The lowest BCUT2D eigenvalue weighted by atomic mass is 10.3. The molecule has 4 aromatic rings. The Balaban J connectivity index is 1.52. The molecule has 4 rings (SSSR count). The molecule has 0 aliphatic carbocycles. The van der Waals surface area contributed by atoms with Crippen LogP contribution in [0.3, 0.4) is 0 Å². The zero-order valence-corrected chi connectivity index (χ0v) is 12.3. The van der Waals surface area contributed by atoms with Gasteiger partial charge in [0.15, 0.2) is 0 Å². The van der Waals surface area contributed by atoms with Gasteiger partial charge in [0.05, 0.1) is 0 Å². The van der Waals surface area contributed by atoms with Gasteiger partial charge in [0, 0.05) is 48.1 Å². The number of rotatable bonds is 4. The van der Waals surface area contributed by atoms with Crippen LogP contribution in [-0.2, 0) is 0 Å². The van der Waals surface area contributed by atoms with E-state index in [0.29, 0.717) is 23.6 Å². The summed E-state index contributed by atoms with van der Waals surface area (Å²) >= 11 is 0. The van der Waals surface area contributed by atoms with E-state index in [1.165, 1.54) is 0 Å². The van der Waals surface area contributed by atoms with Crippen LogP contribution in [0, 0.1) is 0 Å². The predicted molar refractivity (Wildman–Crippen MR) is 84.0 cm³/mol. The molecule has 0 saturated heterocycles. The maximum absolute atomic E-state index is 5.55. The SMILES string of the molecule is C(=C\c1nnc(-c2ccncc2)o1)/c1nnc(-c2ccncc2)o1. The summed E-state index contributed by atoms with van der Waals surface area (Å²) in [7, 11) is 0. The van der Waals surface area contributed by atoms with Crippen LogP contribution < -0.4 is 0 Å². The van der Waals surface area contributed by atoms with Crippen molar-refractivity contribution < 1.29 is 8.83 Å². The average Bonchev–Trinajstić information content (AvgIpc) is 3.31. The molecule has 0 unspecified atom stereocenters. The summed E-state index contributed by atoms with van der Waals surface area (Å²) in [6.45, 7) is 0. The minimum absolute atomic E-state index is 0.338. The second-order valence-electron chi connectivity index (χ2n) is 4.70. The van der Waals surface area contributed by atoms with Crippen LogP contribution in [0.1, 0.15) is 11.8 Å². The molecule has 4 aromatic heterocycles. The zero-order valence-electron chi connectivity index (χ0n) is 12.3. The highest BCUT2D eigenvalue weighted by Gasteiger charge is 2.08. The van der Waals surface area contributed by atoms with Gasteiger partial charge in [-0.15, -0.1) is 20.4 Å². The molecule has 0 aliphatic heterocycles. The van der Waals surface area contributed by atoms with Crippen molar-refractivity contribution in [2.45, 2.75) is 0 Å². The van der Waals surface area contributed by atoms with E-state index in [1.54, 1.807) is 61.2 Å². The highest BCUT2D eigenvalue weighted by Crippen LogP contribution is 2.19. The third kappa shape index (κ3) is 2.93. The molecule has 0 fully saturated rings. The first-order valence-electron chi connectivity index (χ1n) is 7.04. The Kier molecular flexibility index (Phi) is 3.61. The molecular formula is C16H10N6O2. The van der Waals surface area contributed by atoms with Crippen LogP contribution in [-0.4, -0.2) is 30.4 Å². The van der Waals surface area contributed by atoms with Crippen LogP contribution in [0.15, 0.2) is 57.9 Å². The molecule has 0 atom stereocenters. The molecule has 0 bridgehead atoms. The van der Waals surface area contributed by atoms with Gasteiger partial charge < -0.3 is 8.83 Å². The summed E-state index contributed by atoms with van der Waals surface area (Å²) in [5.74, 6) is 1.51. The number of hydrogen-bond donors (Lipinski definition) is 0. The lowest BCUT2D eigenvalue weighted by Crippen LogP contribution is -1.77. The van der Waals surface area contributed by atoms with Gasteiger partial charge in [-0.05, 0) is 24.3 Å². The molecule has 0 spiro atoms. The van der Waals surface area contributed by atoms with Crippen molar-refractivity contribution in [2.75, 3.05) is 0 Å². The number of aromatic nitrogens is 6. The molecular weight excluding hydrogens is 308 g/mol. The van der Waals surface area contributed by atoms with Crippen molar-refractivity contribution in [3.05, 3.63) is 60.8 Å². The fraction of sp³-hybridized carbons (Fsp3) is 0. The van der Waals surface area contributed by atoms with Crippen molar-refractivity contribution in [1.82, 2.24) is 30.4 Å². The van der Waals surface area contributed by atoms with Crippen molar-refractivity contribution in [2.24, 2.45) is 0 Å². The summed E-state index contributed by atoms with van der Waals surface area (Å²) in [6, 6.07) is 7.17. The summed E-state index contributed by atoms with van der Waals surface area (Å²) < 4.78 is 11.1.